The number of hydrogen-bond acceptors (Lipinski definition) is 5. The Bertz CT molecular complexity index is 1020. The number of rotatable bonds is 3. The van der Waals surface area contributed by atoms with Gasteiger partial charge in [-0.2, -0.15) is 0 Å². The molecule has 0 fully saturated rings. The number of esters is 1. The SMILES string of the molecule is COC(=O)c1ccc2c(=O)[nH]c(C(Cl)=Cc3ccc(C)s3)nc2c1. The molecule has 3 aromatic rings. The van der Waals surface area contributed by atoms with Crippen LogP contribution < -0.4 is 5.56 Å². The van der Waals surface area contributed by atoms with Crippen LogP contribution in [0, 0.1) is 6.92 Å². The lowest BCUT2D eigenvalue weighted by molar-refractivity contribution is 0.0601. The molecular weight excluding hydrogens is 348 g/mol. The minimum atomic E-state index is -0.490. The number of aryl methyl sites for hydroxylation is 1. The Kier molecular flexibility index (Phi) is 4.51. The smallest absolute Gasteiger partial charge is 0.337 e. The lowest BCUT2D eigenvalue weighted by Crippen LogP contribution is -2.11. The van der Waals surface area contributed by atoms with E-state index in [-0.39, 0.29) is 11.4 Å². The summed E-state index contributed by atoms with van der Waals surface area (Å²) in [7, 11) is 1.30. The van der Waals surface area contributed by atoms with Gasteiger partial charge in [-0.3, -0.25) is 4.79 Å². The fraction of sp³-hybridized carbons (Fsp3) is 0.118. The Morgan fingerprint density at radius 2 is 2.12 bits per heavy atom. The van der Waals surface area contributed by atoms with E-state index in [2.05, 4.69) is 14.7 Å². The topological polar surface area (TPSA) is 72.1 Å². The lowest BCUT2D eigenvalue weighted by atomic mass is 10.1. The summed E-state index contributed by atoms with van der Waals surface area (Å²) in [5.74, 6) is -0.238. The molecule has 0 unspecified atom stereocenters. The summed E-state index contributed by atoms with van der Waals surface area (Å²) < 4.78 is 4.69. The van der Waals surface area contributed by atoms with Gasteiger partial charge >= 0.3 is 5.97 Å². The van der Waals surface area contributed by atoms with Crippen LogP contribution >= 0.6 is 22.9 Å². The minimum absolute atomic E-state index is 0.252. The van der Waals surface area contributed by atoms with E-state index in [1.165, 1.54) is 25.3 Å². The van der Waals surface area contributed by atoms with Crippen LogP contribution in [0.3, 0.4) is 0 Å². The van der Waals surface area contributed by atoms with Gasteiger partial charge in [0.1, 0.15) is 0 Å². The molecule has 0 aliphatic heterocycles. The molecule has 0 bridgehead atoms. The molecule has 2 heterocycles. The van der Waals surface area contributed by atoms with E-state index in [4.69, 9.17) is 11.6 Å². The Balaban J connectivity index is 2.10. The maximum absolute atomic E-state index is 12.2. The molecule has 0 spiro atoms. The van der Waals surface area contributed by atoms with Crippen LogP contribution in [0.4, 0.5) is 0 Å². The first-order valence-electron chi connectivity index (χ1n) is 7.04. The number of carbonyl (C=O) groups excluding carboxylic acids is 1. The summed E-state index contributed by atoms with van der Waals surface area (Å²) in [5, 5.41) is 0.696. The molecule has 3 rings (SSSR count). The number of ether oxygens (including phenoxy) is 1. The zero-order valence-electron chi connectivity index (χ0n) is 12.9. The van der Waals surface area contributed by atoms with Gasteiger partial charge in [0, 0.05) is 9.75 Å². The highest BCUT2D eigenvalue weighted by atomic mass is 35.5. The Labute approximate surface area is 146 Å². The number of methoxy groups -OCH3 is 1. The molecule has 0 amide bonds. The first-order chi connectivity index (χ1) is 11.5. The molecule has 0 saturated carbocycles. The number of H-pyrrole nitrogens is 1. The molecule has 0 aliphatic carbocycles. The van der Waals surface area contributed by atoms with Crippen molar-refractivity contribution in [1.29, 1.82) is 0 Å². The molecule has 1 N–H and O–H groups in total. The summed E-state index contributed by atoms with van der Waals surface area (Å²) in [4.78, 5) is 33.0. The summed E-state index contributed by atoms with van der Waals surface area (Å²) in [6, 6.07) is 8.50. The summed E-state index contributed by atoms with van der Waals surface area (Å²) in [6.07, 6.45) is 1.74. The van der Waals surface area contributed by atoms with Crippen LogP contribution in [0.2, 0.25) is 0 Å². The highest BCUT2D eigenvalue weighted by Gasteiger charge is 2.11. The maximum atomic E-state index is 12.2. The molecule has 122 valence electrons. The van der Waals surface area contributed by atoms with E-state index < -0.39 is 5.97 Å². The van der Waals surface area contributed by atoms with Gasteiger partial charge in [-0.05, 0) is 43.3 Å². The molecule has 0 atom stereocenters. The van der Waals surface area contributed by atoms with E-state index in [1.807, 2.05) is 19.1 Å². The molecular formula is C17H13ClN2O3S. The number of halogens is 1. The molecule has 24 heavy (non-hydrogen) atoms. The molecule has 0 saturated heterocycles. The van der Waals surface area contributed by atoms with E-state index in [9.17, 15) is 9.59 Å². The number of fused-ring (bicyclic) bond motifs is 1. The Hall–Kier alpha value is -2.44. The van der Waals surface area contributed by atoms with Crippen molar-refractivity contribution in [2.75, 3.05) is 7.11 Å². The second-order valence-electron chi connectivity index (χ2n) is 5.08. The molecule has 0 aliphatic rings. The fourth-order valence-electron chi connectivity index (χ4n) is 2.22. The second-order valence-corrected chi connectivity index (χ2v) is 6.81. The van der Waals surface area contributed by atoms with Gasteiger partial charge in [-0.25, -0.2) is 9.78 Å². The number of nitrogens with one attached hydrogen (secondary N) is 1. The van der Waals surface area contributed by atoms with Crippen molar-refractivity contribution in [3.05, 3.63) is 61.8 Å². The zero-order valence-corrected chi connectivity index (χ0v) is 14.5. The van der Waals surface area contributed by atoms with Gasteiger partial charge in [0.25, 0.3) is 5.56 Å². The second kappa shape index (κ2) is 6.59. The molecule has 1 aromatic carbocycles. The van der Waals surface area contributed by atoms with Crippen molar-refractivity contribution in [3.8, 4) is 0 Å². The number of nitrogens with zero attached hydrogens (tertiary/aromatic N) is 1. The summed E-state index contributed by atoms with van der Waals surface area (Å²) in [5.41, 5.74) is 0.383. The third kappa shape index (κ3) is 3.25. The predicted octanol–water partition coefficient (Wildman–Crippen LogP) is 3.82. The van der Waals surface area contributed by atoms with Crippen LogP contribution in [0.25, 0.3) is 22.0 Å². The standard InChI is InChI=1S/C17H13ClN2O3S/c1-9-3-5-11(24-9)8-13(18)15-19-14-7-10(17(22)23-2)4-6-12(14)16(21)20-15/h3-8H,1-2H3,(H,19,20,21). The monoisotopic (exact) mass is 360 g/mol. The number of aromatic amines is 1. The third-order valence-electron chi connectivity index (χ3n) is 3.38. The summed E-state index contributed by atoms with van der Waals surface area (Å²) in [6.45, 7) is 2.00. The molecule has 0 radical (unpaired) electrons. The Morgan fingerprint density at radius 3 is 2.79 bits per heavy atom. The van der Waals surface area contributed by atoms with Crippen LogP contribution in [-0.2, 0) is 4.74 Å². The van der Waals surface area contributed by atoms with E-state index in [0.717, 1.165) is 9.75 Å². The first kappa shape index (κ1) is 16.4. The van der Waals surface area contributed by atoms with Crippen LogP contribution in [0.1, 0.15) is 25.9 Å². The van der Waals surface area contributed by atoms with Gasteiger partial charge in [-0.15, -0.1) is 11.3 Å². The number of benzene rings is 1. The number of thiophene rings is 1. The largest absolute Gasteiger partial charge is 0.465 e. The van der Waals surface area contributed by atoms with Gasteiger partial charge in [0.05, 0.1) is 28.6 Å². The van der Waals surface area contributed by atoms with E-state index in [0.29, 0.717) is 21.5 Å². The van der Waals surface area contributed by atoms with Crippen LogP contribution in [-0.4, -0.2) is 23.0 Å². The lowest BCUT2D eigenvalue weighted by Gasteiger charge is -2.04. The predicted molar refractivity (Wildman–Crippen MR) is 96.5 cm³/mol. The zero-order chi connectivity index (χ0) is 17.3. The Morgan fingerprint density at radius 1 is 1.33 bits per heavy atom. The highest BCUT2D eigenvalue weighted by Crippen LogP contribution is 2.24. The van der Waals surface area contributed by atoms with E-state index in [1.54, 1.807) is 17.4 Å². The van der Waals surface area contributed by atoms with Crippen molar-refractivity contribution < 1.29 is 9.53 Å². The molecule has 7 heteroatoms. The first-order valence-corrected chi connectivity index (χ1v) is 8.24. The van der Waals surface area contributed by atoms with Crippen LogP contribution in [0.15, 0.2) is 35.1 Å². The van der Waals surface area contributed by atoms with Crippen molar-refractivity contribution in [2.24, 2.45) is 0 Å². The summed E-state index contributed by atoms with van der Waals surface area (Å²) >= 11 is 7.88. The van der Waals surface area contributed by atoms with E-state index >= 15 is 0 Å². The van der Waals surface area contributed by atoms with Crippen molar-refractivity contribution in [3.63, 3.8) is 0 Å². The van der Waals surface area contributed by atoms with Crippen molar-refractivity contribution in [2.45, 2.75) is 6.92 Å². The van der Waals surface area contributed by atoms with Gasteiger partial charge in [-0.1, -0.05) is 11.6 Å². The van der Waals surface area contributed by atoms with Gasteiger partial charge in [0.15, 0.2) is 5.82 Å². The fourth-order valence-corrected chi connectivity index (χ4v) is 3.31. The normalized spacial score (nSPS) is 11.7. The number of carbonyl (C=O) groups is 1. The van der Waals surface area contributed by atoms with Gasteiger partial charge in [0.2, 0.25) is 0 Å². The maximum Gasteiger partial charge on any atom is 0.337 e. The average Bonchev–Trinajstić information content (AvgIpc) is 2.98. The quantitative estimate of drug-likeness (QED) is 0.721. The highest BCUT2D eigenvalue weighted by molar-refractivity contribution is 7.12. The average molecular weight is 361 g/mol. The number of aromatic nitrogens is 2. The van der Waals surface area contributed by atoms with Crippen molar-refractivity contribution in [1.82, 2.24) is 9.97 Å². The third-order valence-corrected chi connectivity index (χ3v) is 4.62. The number of hydrogen-bond donors (Lipinski definition) is 1. The van der Waals surface area contributed by atoms with Crippen molar-refractivity contribution >= 4 is 50.9 Å². The van der Waals surface area contributed by atoms with Crippen LogP contribution in [0.5, 0.6) is 0 Å². The minimum Gasteiger partial charge on any atom is -0.465 e. The molecule has 5 nitrogen and oxygen atoms in total. The van der Waals surface area contributed by atoms with Gasteiger partial charge < -0.3 is 9.72 Å². The molecule has 2 aromatic heterocycles.